The van der Waals surface area contributed by atoms with E-state index in [0.717, 1.165) is 14.0 Å². The third kappa shape index (κ3) is 7.23. The predicted molar refractivity (Wildman–Crippen MR) is 95.9 cm³/mol. The number of carbonyl (C=O) groups excluding carboxylic acids is 4. The Morgan fingerprint density at radius 2 is 1.48 bits per heavy atom. The van der Waals surface area contributed by atoms with E-state index in [0.29, 0.717) is 0 Å². The first kappa shape index (κ1) is 26.1. The van der Waals surface area contributed by atoms with Crippen LogP contribution in [0.1, 0.15) is 40.2 Å². The molecule has 1 aromatic rings. The van der Waals surface area contributed by atoms with E-state index in [9.17, 15) is 22.8 Å². The molecule has 0 fully saturated rings. The molecule has 29 heavy (non-hydrogen) atoms. The maximum Gasteiger partial charge on any atom is 0.412 e. The first-order valence-corrected chi connectivity index (χ1v) is 8.38. The molecule has 10 heteroatoms. The van der Waals surface area contributed by atoms with Gasteiger partial charge in [0, 0.05) is 5.69 Å². The van der Waals surface area contributed by atoms with Gasteiger partial charge in [-0.1, -0.05) is 19.1 Å². The summed E-state index contributed by atoms with van der Waals surface area (Å²) < 4.78 is 50.8. The van der Waals surface area contributed by atoms with Gasteiger partial charge in [-0.25, -0.2) is 4.79 Å². The van der Waals surface area contributed by atoms with Crippen molar-refractivity contribution in [1.29, 1.82) is 0 Å². The lowest BCUT2D eigenvalue weighted by Gasteiger charge is -2.36. The summed E-state index contributed by atoms with van der Waals surface area (Å²) >= 11 is 0. The zero-order chi connectivity index (χ0) is 23.0. The lowest BCUT2D eigenvalue weighted by atomic mass is 9.71. The lowest BCUT2D eigenvalue weighted by molar-refractivity contribution is -0.206. The SMILES string of the molecule is COC(=O)C(C)C(C)(c1ccc(NC(=O)OC(C)(C)C)cc1)C(F)(F)F.O=C=O. The summed E-state index contributed by atoms with van der Waals surface area (Å²) in [5.74, 6) is -2.40. The van der Waals surface area contributed by atoms with Gasteiger partial charge in [-0.05, 0) is 45.4 Å². The fourth-order valence-corrected chi connectivity index (χ4v) is 2.39. The number of alkyl halides is 3. The van der Waals surface area contributed by atoms with Crippen LogP contribution in [0.3, 0.4) is 0 Å². The van der Waals surface area contributed by atoms with Crippen molar-refractivity contribution in [2.75, 3.05) is 12.4 Å². The molecule has 0 bridgehead atoms. The van der Waals surface area contributed by atoms with Crippen molar-refractivity contribution in [2.24, 2.45) is 5.92 Å². The van der Waals surface area contributed by atoms with Crippen LogP contribution in [-0.2, 0) is 29.3 Å². The Balaban J connectivity index is 0.00000245. The Labute approximate surface area is 166 Å². The van der Waals surface area contributed by atoms with Crippen molar-refractivity contribution in [1.82, 2.24) is 0 Å². The highest BCUT2D eigenvalue weighted by atomic mass is 19.4. The number of nitrogens with one attached hydrogen (secondary N) is 1. The Morgan fingerprint density at radius 3 is 1.83 bits per heavy atom. The van der Waals surface area contributed by atoms with Gasteiger partial charge >= 0.3 is 24.4 Å². The zero-order valence-electron chi connectivity index (χ0n) is 17.0. The second kappa shape index (κ2) is 10.1. The highest BCUT2D eigenvalue weighted by Gasteiger charge is 2.58. The molecule has 2 unspecified atom stereocenters. The van der Waals surface area contributed by atoms with Crippen LogP contribution < -0.4 is 5.32 Å². The molecule has 0 aliphatic carbocycles. The molecule has 0 radical (unpaired) electrons. The monoisotopic (exact) mass is 419 g/mol. The van der Waals surface area contributed by atoms with E-state index in [-0.39, 0.29) is 17.4 Å². The molecule has 0 saturated heterocycles. The zero-order valence-corrected chi connectivity index (χ0v) is 17.0. The molecule has 0 heterocycles. The summed E-state index contributed by atoms with van der Waals surface area (Å²) in [6.45, 7) is 7.20. The third-order valence-corrected chi connectivity index (χ3v) is 4.14. The van der Waals surface area contributed by atoms with Crippen molar-refractivity contribution >= 4 is 23.9 Å². The number of esters is 1. The number of hydrogen-bond acceptors (Lipinski definition) is 6. The number of halogens is 3. The van der Waals surface area contributed by atoms with E-state index in [1.54, 1.807) is 20.8 Å². The molecule has 1 amide bonds. The topological polar surface area (TPSA) is 98.8 Å². The van der Waals surface area contributed by atoms with Crippen LogP contribution in [0, 0.1) is 5.92 Å². The van der Waals surface area contributed by atoms with Crippen molar-refractivity contribution in [2.45, 2.75) is 51.8 Å². The summed E-state index contributed by atoms with van der Waals surface area (Å²) in [6, 6.07) is 5.10. The highest BCUT2D eigenvalue weighted by molar-refractivity contribution is 5.85. The van der Waals surface area contributed by atoms with Crippen LogP contribution in [0.15, 0.2) is 24.3 Å². The molecule has 0 aromatic heterocycles. The van der Waals surface area contributed by atoms with Crippen LogP contribution in [0.2, 0.25) is 0 Å². The van der Waals surface area contributed by atoms with Gasteiger partial charge in [0.25, 0.3) is 0 Å². The number of hydrogen-bond donors (Lipinski definition) is 1. The Morgan fingerprint density at radius 1 is 1.03 bits per heavy atom. The lowest BCUT2D eigenvalue weighted by Crippen LogP contribution is -2.48. The van der Waals surface area contributed by atoms with Gasteiger partial charge in [-0.2, -0.15) is 22.8 Å². The summed E-state index contributed by atoms with van der Waals surface area (Å²) in [5.41, 5.74) is -2.98. The van der Waals surface area contributed by atoms with Gasteiger partial charge in [0.1, 0.15) is 11.0 Å². The van der Waals surface area contributed by atoms with Gasteiger partial charge in [0.15, 0.2) is 0 Å². The minimum absolute atomic E-state index is 0.113. The minimum atomic E-state index is -4.68. The molecule has 1 aromatic carbocycles. The molecular formula is C19H24F3NO6. The predicted octanol–water partition coefficient (Wildman–Crippen LogP) is 4.08. The molecule has 0 aliphatic rings. The molecule has 2 atom stereocenters. The largest absolute Gasteiger partial charge is 0.469 e. The van der Waals surface area contributed by atoms with Crippen LogP contribution in [-0.4, -0.2) is 37.1 Å². The van der Waals surface area contributed by atoms with Gasteiger partial charge in [-0.15, -0.1) is 0 Å². The number of ether oxygens (including phenoxy) is 2. The number of benzene rings is 1. The van der Waals surface area contributed by atoms with Crippen molar-refractivity contribution in [3.8, 4) is 0 Å². The molecule has 0 saturated carbocycles. The summed E-state index contributed by atoms with van der Waals surface area (Å²) in [5, 5.41) is 2.44. The minimum Gasteiger partial charge on any atom is -0.469 e. The van der Waals surface area contributed by atoms with Crippen molar-refractivity contribution in [3.05, 3.63) is 29.8 Å². The second-order valence-corrected chi connectivity index (χ2v) is 7.23. The Hall–Kier alpha value is -2.87. The van der Waals surface area contributed by atoms with Crippen molar-refractivity contribution in [3.63, 3.8) is 0 Å². The smallest absolute Gasteiger partial charge is 0.412 e. The molecular weight excluding hydrogens is 395 g/mol. The molecule has 162 valence electrons. The fourth-order valence-electron chi connectivity index (χ4n) is 2.39. The second-order valence-electron chi connectivity index (χ2n) is 7.23. The van der Waals surface area contributed by atoms with Crippen LogP contribution in [0.5, 0.6) is 0 Å². The Bertz CT molecular complexity index is 734. The third-order valence-electron chi connectivity index (χ3n) is 4.14. The molecule has 0 spiro atoms. The first-order chi connectivity index (χ1) is 13.1. The normalized spacial score (nSPS) is 14.2. The first-order valence-electron chi connectivity index (χ1n) is 8.38. The average Bonchev–Trinajstić information content (AvgIpc) is 2.58. The molecule has 7 nitrogen and oxygen atoms in total. The molecule has 1 N–H and O–H groups in total. The van der Waals surface area contributed by atoms with E-state index in [1.165, 1.54) is 31.2 Å². The maximum atomic E-state index is 13.7. The van der Waals surface area contributed by atoms with Gasteiger partial charge < -0.3 is 9.47 Å². The fraction of sp³-hybridized carbons (Fsp3) is 0.526. The number of rotatable bonds is 4. The number of methoxy groups -OCH3 is 1. The van der Waals surface area contributed by atoms with Gasteiger partial charge in [0.05, 0.1) is 13.0 Å². The number of anilines is 1. The highest BCUT2D eigenvalue weighted by Crippen LogP contribution is 2.46. The number of carbonyl (C=O) groups is 2. The average molecular weight is 419 g/mol. The van der Waals surface area contributed by atoms with E-state index in [4.69, 9.17) is 14.3 Å². The number of amides is 1. The van der Waals surface area contributed by atoms with E-state index in [2.05, 4.69) is 10.1 Å². The maximum absolute atomic E-state index is 13.7. The summed E-state index contributed by atoms with van der Waals surface area (Å²) in [4.78, 5) is 39.7. The van der Waals surface area contributed by atoms with Crippen molar-refractivity contribution < 1.29 is 41.8 Å². The van der Waals surface area contributed by atoms with Crippen LogP contribution >= 0.6 is 0 Å². The molecule has 1 rings (SSSR count). The van der Waals surface area contributed by atoms with Gasteiger partial charge in [0.2, 0.25) is 0 Å². The standard InChI is InChI=1S/C18H24F3NO4.CO2/c1-11(14(23)25-6)17(5,18(19,20)21)12-7-9-13(10-8-12)22-15(24)26-16(2,3)4;2-1-3/h7-11H,1-6H3,(H,22,24);. The van der Waals surface area contributed by atoms with Gasteiger partial charge in [-0.3, -0.25) is 10.1 Å². The Kier molecular flexibility index (Phi) is 9.07. The summed E-state index contributed by atoms with van der Waals surface area (Å²) in [6.07, 6.45) is -5.15. The summed E-state index contributed by atoms with van der Waals surface area (Å²) in [7, 11) is 1.05. The van der Waals surface area contributed by atoms with E-state index >= 15 is 0 Å². The quantitative estimate of drug-likeness (QED) is 0.739. The van der Waals surface area contributed by atoms with E-state index < -0.39 is 35.2 Å². The van der Waals surface area contributed by atoms with Crippen LogP contribution in [0.4, 0.5) is 23.7 Å². The van der Waals surface area contributed by atoms with E-state index in [1.807, 2.05) is 0 Å². The van der Waals surface area contributed by atoms with Crippen LogP contribution in [0.25, 0.3) is 0 Å². The molecule has 0 aliphatic heterocycles.